The number of nitrogens with zero attached hydrogens (tertiary/aromatic N) is 2. The zero-order chi connectivity index (χ0) is 14.7. The third-order valence-corrected chi connectivity index (χ3v) is 4.18. The number of pyridine rings is 1. The predicted octanol–water partition coefficient (Wildman–Crippen LogP) is 3.67. The van der Waals surface area contributed by atoms with E-state index in [1.807, 2.05) is 25.3 Å². The van der Waals surface area contributed by atoms with Gasteiger partial charge in [-0.3, -0.25) is 9.78 Å². The summed E-state index contributed by atoms with van der Waals surface area (Å²) in [6.45, 7) is 3.93. The van der Waals surface area contributed by atoms with Crippen LogP contribution >= 0.6 is 0 Å². The molecule has 1 atom stereocenters. The molecule has 2 heterocycles. The van der Waals surface area contributed by atoms with E-state index in [1.165, 1.54) is 12.0 Å². The quantitative estimate of drug-likeness (QED) is 0.801. The summed E-state index contributed by atoms with van der Waals surface area (Å²) in [7, 11) is 0. The van der Waals surface area contributed by atoms with E-state index in [1.54, 1.807) is 0 Å². The Kier molecular flexibility index (Phi) is 4.00. The Morgan fingerprint density at radius 3 is 2.71 bits per heavy atom. The Labute approximate surface area is 125 Å². The molecular weight excluding hydrogens is 260 g/mol. The van der Waals surface area contributed by atoms with Crippen molar-refractivity contribution in [3.8, 4) is 0 Å². The van der Waals surface area contributed by atoms with Crippen LogP contribution in [0.3, 0.4) is 0 Å². The molecule has 1 fully saturated rings. The van der Waals surface area contributed by atoms with Crippen molar-refractivity contribution >= 4 is 11.5 Å². The maximum Gasteiger partial charge on any atom is 0.180 e. The second-order valence-electron chi connectivity index (χ2n) is 5.52. The highest BCUT2D eigenvalue weighted by Crippen LogP contribution is 2.30. The molecule has 1 aromatic heterocycles. The molecule has 3 heteroatoms. The monoisotopic (exact) mass is 280 g/mol. The Morgan fingerprint density at radius 1 is 1.24 bits per heavy atom. The van der Waals surface area contributed by atoms with Crippen LogP contribution in [0.1, 0.15) is 41.7 Å². The molecule has 21 heavy (non-hydrogen) atoms. The van der Waals surface area contributed by atoms with Crippen molar-refractivity contribution in [3.05, 3.63) is 59.9 Å². The topological polar surface area (TPSA) is 33.2 Å². The number of Topliss-reactive ketones (excluding diaryl/α,β-unsaturated/α-hetero) is 1. The molecule has 2 aromatic rings. The standard InChI is InChI=1S/C18H20N2O/c1-2-18(21)17-9-8-16(12-19-17)20-11-10-15(13-20)14-6-4-3-5-7-14/h3-9,12,15H,2,10-11,13H2,1H3. The van der Waals surface area contributed by atoms with E-state index in [2.05, 4.69) is 40.2 Å². The minimum absolute atomic E-state index is 0.102. The summed E-state index contributed by atoms with van der Waals surface area (Å²) in [5, 5.41) is 0. The average Bonchev–Trinajstić information content (AvgIpc) is 3.05. The van der Waals surface area contributed by atoms with Gasteiger partial charge in [-0.25, -0.2) is 0 Å². The number of ketones is 1. The molecule has 0 bridgehead atoms. The first-order valence-corrected chi connectivity index (χ1v) is 7.57. The first kappa shape index (κ1) is 13.8. The lowest BCUT2D eigenvalue weighted by atomic mass is 9.99. The molecule has 0 saturated carbocycles. The van der Waals surface area contributed by atoms with Crippen LogP contribution in [0.4, 0.5) is 5.69 Å². The van der Waals surface area contributed by atoms with Gasteiger partial charge in [-0.15, -0.1) is 0 Å². The Balaban J connectivity index is 1.70. The van der Waals surface area contributed by atoms with Gasteiger partial charge in [0, 0.05) is 25.4 Å². The molecule has 0 aliphatic carbocycles. The summed E-state index contributed by atoms with van der Waals surface area (Å²) in [6, 6.07) is 14.5. The SMILES string of the molecule is CCC(=O)c1ccc(N2CCC(c3ccccc3)C2)cn1. The minimum atomic E-state index is 0.102. The first-order valence-electron chi connectivity index (χ1n) is 7.57. The number of aromatic nitrogens is 1. The number of carbonyl (C=O) groups is 1. The van der Waals surface area contributed by atoms with Gasteiger partial charge in [0.05, 0.1) is 11.9 Å². The van der Waals surface area contributed by atoms with Gasteiger partial charge in [-0.1, -0.05) is 37.3 Å². The summed E-state index contributed by atoms with van der Waals surface area (Å²) >= 11 is 0. The third kappa shape index (κ3) is 2.97. The van der Waals surface area contributed by atoms with Gasteiger partial charge >= 0.3 is 0 Å². The molecule has 1 aromatic carbocycles. The van der Waals surface area contributed by atoms with E-state index in [-0.39, 0.29) is 5.78 Å². The Bertz CT molecular complexity index is 607. The molecule has 3 rings (SSSR count). The van der Waals surface area contributed by atoms with Crippen LogP contribution in [0.15, 0.2) is 48.7 Å². The van der Waals surface area contributed by atoms with E-state index < -0.39 is 0 Å². The van der Waals surface area contributed by atoms with E-state index in [4.69, 9.17) is 0 Å². The molecule has 1 unspecified atom stereocenters. The number of hydrogen-bond acceptors (Lipinski definition) is 3. The fourth-order valence-corrected chi connectivity index (χ4v) is 2.91. The number of rotatable bonds is 4. The summed E-state index contributed by atoms with van der Waals surface area (Å²) in [5.41, 5.74) is 3.09. The highest BCUT2D eigenvalue weighted by atomic mass is 16.1. The molecule has 1 saturated heterocycles. The van der Waals surface area contributed by atoms with E-state index in [9.17, 15) is 4.79 Å². The van der Waals surface area contributed by atoms with Crippen LogP contribution in [0, 0.1) is 0 Å². The third-order valence-electron chi connectivity index (χ3n) is 4.18. The summed E-state index contributed by atoms with van der Waals surface area (Å²) in [4.78, 5) is 18.3. The lowest BCUT2D eigenvalue weighted by Gasteiger charge is -2.18. The normalized spacial score (nSPS) is 18.0. The second-order valence-corrected chi connectivity index (χ2v) is 5.52. The van der Waals surface area contributed by atoms with Gasteiger partial charge in [0.25, 0.3) is 0 Å². The van der Waals surface area contributed by atoms with Gasteiger partial charge in [0.15, 0.2) is 5.78 Å². The summed E-state index contributed by atoms with van der Waals surface area (Å²) in [5.74, 6) is 0.688. The minimum Gasteiger partial charge on any atom is -0.370 e. The molecule has 1 aliphatic heterocycles. The zero-order valence-corrected chi connectivity index (χ0v) is 12.3. The molecule has 0 amide bonds. The summed E-state index contributed by atoms with van der Waals surface area (Å²) < 4.78 is 0. The van der Waals surface area contributed by atoms with Crippen molar-refractivity contribution in [2.24, 2.45) is 0 Å². The molecule has 0 N–H and O–H groups in total. The maximum atomic E-state index is 11.6. The van der Waals surface area contributed by atoms with E-state index in [0.717, 1.165) is 18.8 Å². The average molecular weight is 280 g/mol. The van der Waals surface area contributed by atoms with Crippen LogP contribution < -0.4 is 4.90 Å². The van der Waals surface area contributed by atoms with Crippen LogP contribution in [-0.4, -0.2) is 23.9 Å². The van der Waals surface area contributed by atoms with Crippen molar-refractivity contribution in [3.63, 3.8) is 0 Å². The molecule has 0 spiro atoms. The largest absolute Gasteiger partial charge is 0.370 e. The van der Waals surface area contributed by atoms with Crippen LogP contribution in [-0.2, 0) is 0 Å². The van der Waals surface area contributed by atoms with E-state index in [0.29, 0.717) is 18.0 Å². The molecule has 1 aliphatic rings. The highest BCUT2D eigenvalue weighted by molar-refractivity contribution is 5.94. The van der Waals surface area contributed by atoms with Gasteiger partial charge in [-0.05, 0) is 24.1 Å². The van der Waals surface area contributed by atoms with Crippen molar-refractivity contribution in [2.75, 3.05) is 18.0 Å². The van der Waals surface area contributed by atoms with Crippen LogP contribution in [0.25, 0.3) is 0 Å². The number of anilines is 1. The number of benzene rings is 1. The number of hydrogen-bond donors (Lipinski definition) is 0. The highest BCUT2D eigenvalue weighted by Gasteiger charge is 2.24. The fourth-order valence-electron chi connectivity index (χ4n) is 2.91. The van der Waals surface area contributed by atoms with Gasteiger partial charge in [0.2, 0.25) is 0 Å². The Hall–Kier alpha value is -2.16. The fraction of sp³-hybridized carbons (Fsp3) is 0.333. The van der Waals surface area contributed by atoms with Crippen LogP contribution in [0.5, 0.6) is 0 Å². The summed E-state index contributed by atoms with van der Waals surface area (Å²) in [6.07, 6.45) is 3.50. The van der Waals surface area contributed by atoms with Gasteiger partial charge < -0.3 is 4.90 Å². The number of carbonyl (C=O) groups excluding carboxylic acids is 1. The molecule has 3 nitrogen and oxygen atoms in total. The molecule has 0 radical (unpaired) electrons. The van der Waals surface area contributed by atoms with Gasteiger partial charge in [-0.2, -0.15) is 0 Å². The lowest BCUT2D eigenvalue weighted by Crippen LogP contribution is -2.19. The Morgan fingerprint density at radius 2 is 2.05 bits per heavy atom. The lowest BCUT2D eigenvalue weighted by molar-refractivity contribution is 0.0983. The maximum absolute atomic E-state index is 11.6. The zero-order valence-electron chi connectivity index (χ0n) is 12.3. The van der Waals surface area contributed by atoms with Crippen molar-refractivity contribution in [1.82, 2.24) is 4.98 Å². The van der Waals surface area contributed by atoms with E-state index >= 15 is 0 Å². The van der Waals surface area contributed by atoms with Gasteiger partial charge in [0.1, 0.15) is 5.69 Å². The smallest absolute Gasteiger partial charge is 0.180 e. The first-order chi connectivity index (χ1) is 10.3. The van der Waals surface area contributed by atoms with Crippen molar-refractivity contribution in [2.45, 2.75) is 25.7 Å². The molecule has 108 valence electrons. The van der Waals surface area contributed by atoms with Crippen molar-refractivity contribution < 1.29 is 4.79 Å². The second kappa shape index (κ2) is 6.08. The van der Waals surface area contributed by atoms with Crippen molar-refractivity contribution in [1.29, 1.82) is 0 Å². The predicted molar refractivity (Wildman–Crippen MR) is 84.9 cm³/mol. The van der Waals surface area contributed by atoms with Crippen LogP contribution in [0.2, 0.25) is 0 Å². The molecular formula is C18H20N2O.